The van der Waals surface area contributed by atoms with Gasteiger partial charge in [-0.05, 0) is 19.3 Å². The van der Waals surface area contributed by atoms with Crippen LogP contribution in [-0.2, 0) is 0 Å². The van der Waals surface area contributed by atoms with Gasteiger partial charge in [0.2, 0.25) is 11.9 Å². The molecule has 2 rings (SSSR count). The van der Waals surface area contributed by atoms with E-state index in [0.717, 1.165) is 19.3 Å². The van der Waals surface area contributed by atoms with Crippen molar-refractivity contribution in [2.45, 2.75) is 26.2 Å². The Labute approximate surface area is 106 Å². The molecule has 1 fully saturated rings. The van der Waals surface area contributed by atoms with E-state index in [1.807, 2.05) is 6.92 Å². The fourth-order valence-corrected chi connectivity index (χ4v) is 1.54. The summed E-state index contributed by atoms with van der Waals surface area (Å²) in [5.74, 6) is 0.528. The fourth-order valence-electron chi connectivity index (χ4n) is 1.54. The van der Waals surface area contributed by atoms with Gasteiger partial charge in [-0.2, -0.15) is 15.0 Å². The molecule has 1 aliphatic carbocycles. The molecule has 0 bridgehead atoms. The summed E-state index contributed by atoms with van der Waals surface area (Å²) in [4.78, 5) is 12.0. The van der Waals surface area contributed by atoms with Crippen LogP contribution >= 0.6 is 0 Å². The van der Waals surface area contributed by atoms with Crippen LogP contribution < -0.4 is 15.8 Å². The van der Waals surface area contributed by atoms with Crippen LogP contribution in [-0.4, -0.2) is 39.8 Å². The third-order valence-corrected chi connectivity index (χ3v) is 2.98. The Balaban J connectivity index is 1.96. The fraction of sp³-hybridized carbons (Fsp3) is 0.727. The van der Waals surface area contributed by atoms with Gasteiger partial charge in [-0.15, -0.1) is 0 Å². The molecule has 7 heteroatoms. The second-order valence-corrected chi connectivity index (χ2v) is 4.66. The first-order chi connectivity index (χ1) is 8.67. The molecule has 1 aromatic heterocycles. The molecule has 1 heterocycles. The molecule has 0 atom stereocenters. The number of nitrogens with two attached hydrogens (primary N) is 1. The van der Waals surface area contributed by atoms with Gasteiger partial charge in [0.1, 0.15) is 0 Å². The quantitative estimate of drug-likeness (QED) is 0.646. The molecule has 0 spiro atoms. The summed E-state index contributed by atoms with van der Waals surface area (Å²) in [6.45, 7) is 3.37. The zero-order chi connectivity index (χ0) is 13.0. The maximum Gasteiger partial charge on any atom is 0.323 e. The van der Waals surface area contributed by atoms with Crippen LogP contribution in [0.4, 0.5) is 11.9 Å². The highest BCUT2D eigenvalue weighted by Gasteiger charge is 2.41. The lowest BCUT2D eigenvalue weighted by molar-refractivity contribution is 0.219. The van der Waals surface area contributed by atoms with Crippen LogP contribution in [0.3, 0.4) is 0 Å². The van der Waals surface area contributed by atoms with Crippen molar-refractivity contribution in [2.75, 3.05) is 30.8 Å². The SMILES string of the molecule is CCCOc1nc(N)nc(NCC2(CO)CC2)n1. The Bertz CT molecular complexity index is 408. The van der Waals surface area contributed by atoms with Crippen LogP contribution in [0.25, 0.3) is 0 Å². The Morgan fingerprint density at radius 1 is 1.39 bits per heavy atom. The molecule has 0 amide bonds. The van der Waals surface area contributed by atoms with E-state index >= 15 is 0 Å². The number of nitrogens with zero attached hydrogens (tertiary/aromatic N) is 3. The Hall–Kier alpha value is -1.63. The average Bonchev–Trinajstić information content (AvgIpc) is 3.14. The van der Waals surface area contributed by atoms with Crippen LogP contribution in [0.15, 0.2) is 0 Å². The van der Waals surface area contributed by atoms with Crippen molar-refractivity contribution in [3.05, 3.63) is 0 Å². The highest BCUT2D eigenvalue weighted by atomic mass is 16.5. The zero-order valence-electron chi connectivity index (χ0n) is 10.5. The summed E-state index contributed by atoms with van der Waals surface area (Å²) in [5, 5.41) is 12.3. The number of hydrogen-bond donors (Lipinski definition) is 3. The number of hydrogen-bond acceptors (Lipinski definition) is 7. The lowest BCUT2D eigenvalue weighted by Gasteiger charge is -2.13. The number of aliphatic hydroxyl groups excluding tert-OH is 1. The van der Waals surface area contributed by atoms with Crippen LogP contribution in [0.1, 0.15) is 26.2 Å². The summed E-state index contributed by atoms with van der Waals surface area (Å²) in [6.07, 6.45) is 2.93. The minimum absolute atomic E-state index is 0.00810. The maximum atomic E-state index is 9.22. The molecule has 0 aromatic carbocycles. The maximum absolute atomic E-state index is 9.22. The Kier molecular flexibility index (Phi) is 3.81. The van der Waals surface area contributed by atoms with Crippen LogP contribution in [0.5, 0.6) is 6.01 Å². The molecule has 1 saturated carbocycles. The van der Waals surface area contributed by atoms with Gasteiger partial charge in [0.25, 0.3) is 0 Å². The molecule has 1 aliphatic rings. The normalized spacial score (nSPS) is 16.3. The molecule has 4 N–H and O–H groups in total. The van der Waals surface area contributed by atoms with Crippen molar-refractivity contribution >= 4 is 11.9 Å². The summed E-state index contributed by atoms with van der Waals surface area (Å²) >= 11 is 0. The second-order valence-electron chi connectivity index (χ2n) is 4.66. The molecule has 0 radical (unpaired) electrons. The van der Waals surface area contributed by atoms with E-state index in [0.29, 0.717) is 19.1 Å². The number of anilines is 2. The lowest BCUT2D eigenvalue weighted by Crippen LogP contribution is -2.20. The van der Waals surface area contributed by atoms with Crippen molar-refractivity contribution in [2.24, 2.45) is 5.41 Å². The molecular weight excluding hydrogens is 234 g/mol. The number of aliphatic hydroxyl groups is 1. The van der Waals surface area contributed by atoms with Crippen LogP contribution in [0, 0.1) is 5.41 Å². The van der Waals surface area contributed by atoms with Gasteiger partial charge in [-0.25, -0.2) is 0 Å². The highest BCUT2D eigenvalue weighted by Crippen LogP contribution is 2.44. The van der Waals surface area contributed by atoms with Gasteiger partial charge >= 0.3 is 6.01 Å². The van der Waals surface area contributed by atoms with Crippen molar-refractivity contribution < 1.29 is 9.84 Å². The van der Waals surface area contributed by atoms with Gasteiger partial charge in [0.15, 0.2) is 0 Å². The summed E-state index contributed by atoms with van der Waals surface area (Å²) in [5.41, 5.74) is 5.58. The smallest absolute Gasteiger partial charge is 0.323 e. The molecule has 0 unspecified atom stereocenters. The van der Waals surface area contributed by atoms with Crippen LogP contribution in [0.2, 0.25) is 0 Å². The molecule has 1 aromatic rings. The lowest BCUT2D eigenvalue weighted by atomic mass is 10.1. The van der Waals surface area contributed by atoms with E-state index in [1.54, 1.807) is 0 Å². The molecular formula is C11H19N5O2. The number of nitrogens with one attached hydrogen (secondary N) is 1. The number of aromatic nitrogens is 3. The Morgan fingerprint density at radius 3 is 2.78 bits per heavy atom. The molecule has 100 valence electrons. The molecule has 7 nitrogen and oxygen atoms in total. The number of nitrogen functional groups attached to an aromatic ring is 1. The van der Waals surface area contributed by atoms with E-state index in [9.17, 15) is 5.11 Å². The highest BCUT2D eigenvalue weighted by molar-refractivity contribution is 5.33. The van der Waals surface area contributed by atoms with Gasteiger partial charge in [-0.1, -0.05) is 6.92 Å². The summed E-state index contributed by atoms with van der Waals surface area (Å²) in [6, 6.07) is 0.237. The topological polar surface area (TPSA) is 106 Å². The van der Waals surface area contributed by atoms with E-state index in [4.69, 9.17) is 10.5 Å². The van der Waals surface area contributed by atoms with Crippen molar-refractivity contribution in [3.63, 3.8) is 0 Å². The minimum atomic E-state index is -0.00810. The number of ether oxygens (including phenoxy) is 1. The third-order valence-electron chi connectivity index (χ3n) is 2.98. The third kappa shape index (κ3) is 3.19. The summed E-state index contributed by atoms with van der Waals surface area (Å²) < 4.78 is 5.32. The van der Waals surface area contributed by atoms with E-state index in [1.165, 1.54) is 0 Å². The van der Waals surface area contributed by atoms with Gasteiger partial charge < -0.3 is 20.9 Å². The molecule has 18 heavy (non-hydrogen) atoms. The van der Waals surface area contributed by atoms with E-state index in [-0.39, 0.29) is 24.0 Å². The first-order valence-corrected chi connectivity index (χ1v) is 6.16. The predicted octanol–water partition coefficient (Wildman–Crippen LogP) is 0.427. The molecule has 0 aliphatic heterocycles. The van der Waals surface area contributed by atoms with E-state index in [2.05, 4.69) is 20.3 Å². The zero-order valence-corrected chi connectivity index (χ0v) is 10.5. The minimum Gasteiger partial charge on any atom is -0.463 e. The predicted molar refractivity (Wildman–Crippen MR) is 67.3 cm³/mol. The standard InChI is InChI=1S/C11H19N5O2/c1-2-5-18-10-15-8(12)14-9(16-10)13-6-11(7-17)3-4-11/h17H,2-7H2,1H3,(H3,12,13,14,15,16). The monoisotopic (exact) mass is 253 g/mol. The van der Waals surface area contributed by atoms with Gasteiger partial charge in [-0.3, -0.25) is 0 Å². The van der Waals surface area contributed by atoms with E-state index < -0.39 is 0 Å². The number of rotatable bonds is 7. The Morgan fingerprint density at radius 2 is 2.17 bits per heavy atom. The first-order valence-electron chi connectivity index (χ1n) is 6.16. The molecule has 0 saturated heterocycles. The second kappa shape index (κ2) is 5.34. The van der Waals surface area contributed by atoms with Crippen molar-refractivity contribution in [3.8, 4) is 6.01 Å². The van der Waals surface area contributed by atoms with Gasteiger partial charge in [0.05, 0.1) is 13.2 Å². The summed E-state index contributed by atoms with van der Waals surface area (Å²) in [7, 11) is 0. The largest absolute Gasteiger partial charge is 0.463 e. The first kappa shape index (κ1) is 12.8. The average molecular weight is 253 g/mol. The van der Waals surface area contributed by atoms with Crippen molar-refractivity contribution in [1.82, 2.24) is 15.0 Å². The van der Waals surface area contributed by atoms with Gasteiger partial charge in [0, 0.05) is 12.0 Å². The van der Waals surface area contributed by atoms with Crippen molar-refractivity contribution in [1.29, 1.82) is 0 Å².